The lowest BCUT2D eigenvalue weighted by Gasteiger charge is -2.37. The quantitative estimate of drug-likeness (QED) is 0.443. The maximum absolute atomic E-state index is 5.73. The van der Waals surface area contributed by atoms with Crippen LogP contribution in [0.3, 0.4) is 0 Å². The predicted octanol–water partition coefficient (Wildman–Crippen LogP) is 1.96. The zero-order valence-corrected chi connectivity index (χ0v) is 18.3. The molecule has 4 heterocycles. The van der Waals surface area contributed by atoms with Crippen LogP contribution in [0.2, 0.25) is 0 Å². The van der Waals surface area contributed by atoms with E-state index in [0.717, 1.165) is 56.6 Å². The minimum atomic E-state index is 0.261. The van der Waals surface area contributed by atoms with Crippen LogP contribution in [0.1, 0.15) is 23.7 Å². The molecule has 0 spiro atoms. The zero-order valence-electron chi connectivity index (χ0n) is 17.5. The molecule has 9 heteroatoms. The second-order valence-corrected chi connectivity index (χ2v) is 8.36. The van der Waals surface area contributed by atoms with Gasteiger partial charge < -0.3 is 15.4 Å². The van der Waals surface area contributed by atoms with Gasteiger partial charge in [0.1, 0.15) is 5.82 Å². The third-order valence-corrected chi connectivity index (χ3v) is 6.27. The molecule has 30 heavy (non-hydrogen) atoms. The summed E-state index contributed by atoms with van der Waals surface area (Å²) in [6.07, 6.45) is 3.02. The van der Waals surface area contributed by atoms with E-state index in [1.807, 2.05) is 28.8 Å². The molecule has 4 rings (SSSR count). The molecule has 0 radical (unpaired) electrons. The highest BCUT2D eigenvalue weighted by Crippen LogP contribution is 2.26. The number of rotatable bonds is 7. The molecule has 160 valence electrons. The van der Waals surface area contributed by atoms with Crippen LogP contribution >= 0.6 is 11.3 Å². The Hall–Kier alpha value is -2.49. The van der Waals surface area contributed by atoms with Crippen molar-refractivity contribution in [1.29, 1.82) is 0 Å². The Morgan fingerprint density at radius 1 is 1.30 bits per heavy atom. The van der Waals surface area contributed by atoms with Gasteiger partial charge in [0.25, 0.3) is 0 Å². The van der Waals surface area contributed by atoms with E-state index in [-0.39, 0.29) is 6.10 Å². The second-order valence-electron chi connectivity index (χ2n) is 7.38. The molecule has 1 aliphatic heterocycles. The van der Waals surface area contributed by atoms with Gasteiger partial charge in [-0.1, -0.05) is 12.1 Å². The summed E-state index contributed by atoms with van der Waals surface area (Å²) in [7, 11) is 1.80. The molecule has 0 saturated carbocycles. The van der Waals surface area contributed by atoms with Gasteiger partial charge in [-0.2, -0.15) is 0 Å². The van der Waals surface area contributed by atoms with Crippen LogP contribution in [0.15, 0.2) is 46.9 Å². The fraction of sp³-hybridized carbons (Fsp3) is 0.476. The van der Waals surface area contributed by atoms with Gasteiger partial charge in [-0.3, -0.25) is 14.3 Å². The molecule has 1 aliphatic rings. The van der Waals surface area contributed by atoms with E-state index in [0.29, 0.717) is 6.04 Å². The first-order chi connectivity index (χ1) is 14.7. The van der Waals surface area contributed by atoms with Crippen molar-refractivity contribution in [3.63, 3.8) is 0 Å². The minimum absolute atomic E-state index is 0.261. The summed E-state index contributed by atoms with van der Waals surface area (Å²) in [5.41, 5.74) is 0.869. The van der Waals surface area contributed by atoms with Gasteiger partial charge in [0.05, 0.1) is 18.8 Å². The van der Waals surface area contributed by atoms with Gasteiger partial charge in [0.2, 0.25) is 0 Å². The zero-order chi connectivity index (χ0) is 20.8. The topological polar surface area (TPSA) is 79.1 Å². The van der Waals surface area contributed by atoms with E-state index in [4.69, 9.17) is 4.74 Å². The van der Waals surface area contributed by atoms with Crippen molar-refractivity contribution >= 4 is 22.9 Å². The van der Waals surface area contributed by atoms with Crippen LogP contribution in [0.5, 0.6) is 0 Å². The van der Waals surface area contributed by atoms with Crippen LogP contribution in [0.4, 0.5) is 0 Å². The molecule has 0 aromatic carbocycles. The highest BCUT2D eigenvalue weighted by atomic mass is 32.1. The van der Waals surface area contributed by atoms with E-state index < -0.39 is 0 Å². The highest BCUT2D eigenvalue weighted by Gasteiger charge is 2.26. The monoisotopic (exact) mass is 427 g/mol. The maximum atomic E-state index is 5.73. The van der Waals surface area contributed by atoms with Crippen LogP contribution < -0.4 is 10.6 Å². The second kappa shape index (κ2) is 10.0. The number of morpholine rings is 1. The normalized spacial score (nSPS) is 19.1. The molecule has 0 bridgehead atoms. The van der Waals surface area contributed by atoms with Gasteiger partial charge >= 0.3 is 0 Å². The number of aromatic nitrogens is 3. The van der Waals surface area contributed by atoms with E-state index >= 15 is 0 Å². The van der Waals surface area contributed by atoms with Gasteiger partial charge in [-0.15, -0.1) is 21.5 Å². The number of hydrogen-bond acceptors (Lipinski definition) is 6. The molecule has 3 aromatic rings. The lowest BCUT2D eigenvalue weighted by Crippen LogP contribution is -2.48. The molecule has 3 aromatic heterocycles. The fourth-order valence-corrected chi connectivity index (χ4v) is 4.65. The van der Waals surface area contributed by atoms with Crippen molar-refractivity contribution in [1.82, 2.24) is 30.1 Å². The molecule has 1 saturated heterocycles. The average molecular weight is 428 g/mol. The number of nitrogens with zero attached hydrogens (tertiary/aromatic N) is 5. The van der Waals surface area contributed by atoms with Crippen molar-refractivity contribution in [3.05, 3.63) is 52.6 Å². The molecule has 0 amide bonds. The number of thiophene rings is 1. The van der Waals surface area contributed by atoms with Crippen molar-refractivity contribution in [2.24, 2.45) is 4.99 Å². The van der Waals surface area contributed by atoms with Crippen molar-refractivity contribution in [2.45, 2.75) is 25.5 Å². The van der Waals surface area contributed by atoms with Gasteiger partial charge in [-0.05, 0) is 30.5 Å². The molecule has 2 unspecified atom stereocenters. The standard InChI is InChI=1S/C21H29N7OS/c1-16-15-27(11-12-29-16)17(18-6-5-13-30-18)14-24-21(22-2)23-9-8-20-26-25-19-7-3-4-10-28(19)20/h3-7,10,13,16-17H,8-9,11-12,14-15H2,1-2H3,(H2,22,23,24). The Balaban J connectivity index is 1.33. The Kier molecular flexibility index (Phi) is 6.93. The van der Waals surface area contributed by atoms with Crippen LogP contribution in [0.25, 0.3) is 5.65 Å². The van der Waals surface area contributed by atoms with Crippen LogP contribution in [0, 0.1) is 0 Å². The lowest BCUT2D eigenvalue weighted by molar-refractivity contribution is -0.0334. The smallest absolute Gasteiger partial charge is 0.191 e. The molecular formula is C21H29N7OS. The summed E-state index contributed by atoms with van der Waals surface area (Å²) in [6, 6.07) is 10.6. The predicted molar refractivity (Wildman–Crippen MR) is 120 cm³/mol. The van der Waals surface area contributed by atoms with Crippen molar-refractivity contribution in [3.8, 4) is 0 Å². The number of nitrogens with one attached hydrogen (secondary N) is 2. The number of hydrogen-bond donors (Lipinski definition) is 2. The third-order valence-electron chi connectivity index (χ3n) is 5.30. The molecular weight excluding hydrogens is 398 g/mol. The first-order valence-corrected chi connectivity index (χ1v) is 11.2. The summed E-state index contributed by atoms with van der Waals surface area (Å²) in [4.78, 5) is 8.26. The first kappa shape index (κ1) is 20.8. The first-order valence-electron chi connectivity index (χ1n) is 10.4. The molecule has 2 N–H and O–H groups in total. The Bertz CT molecular complexity index is 955. The van der Waals surface area contributed by atoms with Crippen molar-refractivity contribution < 1.29 is 4.74 Å². The number of pyridine rings is 1. The van der Waals surface area contributed by atoms with E-state index in [2.05, 4.69) is 55.2 Å². The molecule has 1 fully saturated rings. The van der Waals surface area contributed by atoms with E-state index in [1.54, 1.807) is 18.4 Å². The summed E-state index contributed by atoms with van der Waals surface area (Å²) < 4.78 is 7.75. The number of aliphatic imine (C=N–C) groups is 1. The molecule has 8 nitrogen and oxygen atoms in total. The van der Waals surface area contributed by atoms with Crippen molar-refractivity contribution in [2.75, 3.05) is 39.8 Å². The summed E-state index contributed by atoms with van der Waals surface area (Å²) in [5, 5.41) is 17.5. The Labute approximate surface area is 181 Å². The maximum Gasteiger partial charge on any atom is 0.191 e. The summed E-state index contributed by atoms with van der Waals surface area (Å²) >= 11 is 1.80. The fourth-order valence-electron chi connectivity index (χ4n) is 3.79. The van der Waals surface area contributed by atoms with Gasteiger partial charge in [-0.25, -0.2) is 0 Å². The SMILES string of the molecule is CN=C(NCCc1nnc2ccccn12)NCC(c1cccs1)N1CCOC(C)C1. The Morgan fingerprint density at radius 2 is 2.23 bits per heavy atom. The highest BCUT2D eigenvalue weighted by molar-refractivity contribution is 7.10. The number of fused-ring (bicyclic) bond motifs is 1. The van der Waals surface area contributed by atoms with Crippen LogP contribution in [-0.2, 0) is 11.2 Å². The summed E-state index contributed by atoms with van der Waals surface area (Å²) in [5.74, 6) is 1.74. The van der Waals surface area contributed by atoms with Gasteiger partial charge in [0.15, 0.2) is 11.6 Å². The third kappa shape index (κ3) is 4.97. The minimum Gasteiger partial charge on any atom is -0.376 e. The Morgan fingerprint density at radius 3 is 3.03 bits per heavy atom. The van der Waals surface area contributed by atoms with Crippen LogP contribution in [-0.4, -0.2) is 71.4 Å². The summed E-state index contributed by atoms with van der Waals surface area (Å²) in [6.45, 7) is 6.33. The number of ether oxygens (including phenoxy) is 1. The lowest BCUT2D eigenvalue weighted by atomic mass is 10.1. The van der Waals surface area contributed by atoms with E-state index in [1.165, 1.54) is 4.88 Å². The van der Waals surface area contributed by atoms with Gasteiger partial charge in [0, 0.05) is 50.7 Å². The van der Waals surface area contributed by atoms with E-state index in [9.17, 15) is 0 Å². The molecule has 0 aliphatic carbocycles. The average Bonchev–Trinajstić information content (AvgIpc) is 3.43. The number of guanidine groups is 1. The molecule has 2 atom stereocenters. The largest absolute Gasteiger partial charge is 0.376 e.